The van der Waals surface area contributed by atoms with Gasteiger partial charge in [0.15, 0.2) is 0 Å². The molecule has 0 saturated carbocycles. The molecule has 0 unspecified atom stereocenters. The van der Waals surface area contributed by atoms with Crippen LogP contribution < -0.4 is 5.32 Å². The topological polar surface area (TPSA) is 47.3 Å². The Balaban J connectivity index is 1.82. The molecule has 0 fully saturated rings. The van der Waals surface area contributed by atoms with Crippen molar-refractivity contribution in [2.45, 2.75) is 24.1 Å². The van der Waals surface area contributed by atoms with E-state index in [9.17, 15) is 0 Å². The Hall–Kier alpha value is -1.30. The number of nitrogens with one attached hydrogen (secondary N) is 1. The first-order valence-corrected chi connectivity index (χ1v) is 7.60. The molecule has 5 heteroatoms. The molecule has 20 heavy (non-hydrogen) atoms. The minimum atomic E-state index is 0.735. The zero-order valence-corrected chi connectivity index (χ0v) is 12.7. The number of thioether (sulfide) groups is 1. The maximum absolute atomic E-state index is 5.21. The molecule has 1 aromatic carbocycles. The van der Waals surface area contributed by atoms with E-state index in [-0.39, 0.29) is 0 Å². The molecule has 1 aromatic heterocycles. The van der Waals surface area contributed by atoms with Crippen LogP contribution in [0, 0.1) is 6.92 Å². The highest BCUT2D eigenvalue weighted by atomic mass is 32.2. The Bertz CT molecular complexity index is 528. The van der Waals surface area contributed by atoms with Gasteiger partial charge in [-0.2, -0.15) is 0 Å². The van der Waals surface area contributed by atoms with Crippen molar-refractivity contribution in [1.82, 2.24) is 10.5 Å². The maximum Gasteiger partial charge on any atom is 0.147 e. The molecule has 0 radical (unpaired) electrons. The molecule has 1 N–H and O–H groups in total. The van der Waals surface area contributed by atoms with E-state index in [0.717, 1.165) is 36.9 Å². The van der Waals surface area contributed by atoms with Crippen molar-refractivity contribution in [1.29, 1.82) is 0 Å². The van der Waals surface area contributed by atoms with E-state index >= 15 is 0 Å². The van der Waals surface area contributed by atoms with Gasteiger partial charge in [-0.1, -0.05) is 17.3 Å². The van der Waals surface area contributed by atoms with Gasteiger partial charge in [-0.05, 0) is 24.6 Å². The molecule has 4 nitrogen and oxygen atoms in total. The lowest BCUT2D eigenvalue weighted by molar-refractivity contribution is 0.199. The average Bonchev–Trinajstić information content (AvgIpc) is 2.88. The smallest absolute Gasteiger partial charge is 0.147 e. The summed E-state index contributed by atoms with van der Waals surface area (Å²) >= 11 is 1.76. The van der Waals surface area contributed by atoms with Crippen molar-refractivity contribution in [3.8, 4) is 0 Å². The molecule has 2 rings (SSSR count). The van der Waals surface area contributed by atoms with E-state index in [1.807, 2.05) is 13.0 Å². The fraction of sp³-hybridized carbons (Fsp3) is 0.400. The summed E-state index contributed by atoms with van der Waals surface area (Å²) in [5, 5.41) is 7.24. The van der Waals surface area contributed by atoms with Gasteiger partial charge < -0.3 is 14.6 Å². The van der Waals surface area contributed by atoms with Crippen LogP contribution in [0.15, 0.2) is 39.8 Å². The van der Waals surface area contributed by atoms with Gasteiger partial charge in [0.2, 0.25) is 0 Å². The molecule has 2 aromatic rings. The third-order valence-corrected chi connectivity index (χ3v) is 3.78. The normalized spacial score (nSPS) is 10.9. The van der Waals surface area contributed by atoms with Crippen molar-refractivity contribution < 1.29 is 9.26 Å². The molecule has 1 heterocycles. The van der Waals surface area contributed by atoms with Gasteiger partial charge in [-0.15, -0.1) is 11.8 Å². The molecule has 0 aliphatic carbocycles. The monoisotopic (exact) mass is 292 g/mol. The molecule has 0 atom stereocenters. The van der Waals surface area contributed by atoms with Crippen molar-refractivity contribution in [2.24, 2.45) is 0 Å². The van der Waals surface area contributed by atoms with Gasteiger partial charge in [-0.3, -0.25) is 0 Å². The highest BCUT2D eigenvalue weighted by Gasteiger charge is 2.02. The van der Waals surface area contributed by atoms with Crippen LogP contribution in [0.3, 0.4) is 0 Å². The lowest BCUT2D eigenvalue weighted by Gasteiger charge is -2.06. The van der Waals surface area contributed by atoms with E-state index in [2.05, 4.69) is 34.7 Å². The predicted octanol–water partition coefficient (Wildman–Crippen LogP) is 3.01. The van der Waals surface area contributed by atoms with E-state index in [1.165, 1.54) is 10.5 Å². The second-order valence-corrected chi connectivity index (χ2v) is 5.59. The minimum Gasteiger partial charge on any atom is -0.383 e. The fourth-order valence-corrected chi connectivity index (χ4v) is 2.65. The Morgan fingerprint density at radius 3 is 3.00 bits per heavy atom. The number of rotatable bonds is 8. The summed E-state index contributed by atoms with van der Waals surface area (Å²) < 4.78 is 10.2. The SMILES string of the molecule is COCCNCc1cccc(SCc2cc(C)no2)c1. The zero-order chi connectivity index (χ0) is 14.2. The first-order valence-electron chi connectivity index (χ1n) is 6.61. The Morgan fingerprint density at radius 2 is 2.25 bits per heavy atom. The van der Waals surface area contributed by atoms with Crippen LogP contribution in [0.25, 0.3) is 0 Å². The molecule has 108 valence electrons. The van der Waals surface area contributed by atoms with Crippen molar-refractivity contribution in [3.05, 3.63) is 47.3 Å². The molecular weight excluding hydrogens is 272 g/mol. The second kappa shape index (κ2) is 8.09. The standard InChI is InChI=1S/C15H20N2O2S/c1-12-8-14(19-17-12)11-20-15-5-3-4-13(9-15)10-16-6-7-18-2/h3-5,8-9,16H,6-7,10-11H2,1-2H3. The van der Waals surface area contributed by atoms with Gasteiger partial charge in [0.05, 0.1) is 18.1 Å². The summed E-state index contributed by atoms with van der Waals surface area (Å²) in [5.74, 6) is 1.72. The number of benzene rings is 1. The van der Waals surface area contributed by atoms with Crippen LogP contribution >= 0.6 is 11.8 Å². The highest BCUT2D eigenvalue weighted by Crippen LogP contribution is 2.23. The van der Waals surface area contributed by atoms with E-state index in [1.54, 1.807) is 18.9 Å². The third kappa shape index (κ3) is 5.00. The van der Waals surface area contributed by atoms with E-state index < -0.39 is 0 Å². The molecule has 0 bridgehead atoms. The van der Waals surface area contributed by atoms with Gasteiger partial charge in [0.1, 0.15) is 5.76 Å². The Labute approximate surface area is 123 Å². The van der Waals surface area contributed by atoms with Gasteiger partial charge in [0.25, 0.3) is 0 Å². The summed E-state index contributed by atoms with van der Waals surface area (Å²) in [6, 6.07) is 10.5. The molecule has 0 aliphatic heterocycles. The van der Waals surface area contributed by atoms with E-state index in [0.29, 0.717) is 0 Å². The number of hydrogen-bond acceptors (Lipinski definition) is 5. The van der Waals surface area contributed by atoms with Gasteiger partial charge in [0, 0.05) is 31.2 Å². The summed E-state index contributed by atoms with van der Waals surface area (Å²) in [6.45, 7) is 4.40. The first-order chi connectivity index (χ1) is 9.78. The average molecular weight is 292 g/mol. The Kier molecular flexibility index (Phi) is 6.11. The number of nitrogens with zero attached hydrogens (tertiary/aromatic N) is 1. The number of aromatic nitrogens is 1. The second-order valence-electron chi connectivity index (χ2n) is 4.54. The van der Waals surface area contributed by atoms with Gasteiger partial charge >= 0.3 is 0 Å². The molecule has 0 spiro atoms. The van der Waals surface area contributed by atoms with Crippen LogP contribution in [0.2, 0.25) is 0 Å². The summed E-state index contributed by atoms with van der Waals surface area (Å²) in [5.41, 5.74) is 2.21. The highest BCUT2D eigenvalue weighted by molar-refractivity contribution is 7.98. The molecule has 0 amide bonds. The zero-order valence-electron chi connectivity index (χ0n) is 11.9. The predicted molar refractivity (Wildman–Crippen MR) is 80.8 cm³/mol. The maximum atomic E-state index is 5.21. The van der Waals surface area contributed by atoms with Crippen LogP contribution in [0.1, 0.15) is 17.0 Å². The number of aryl methyl sites for hydroxylation is 1. The van der Waals surface area contributed by atoms with Crippen molar-refractivity contribution in [2.75, 3.05) is 20.3 Å². The van der Waals surface area contributed by atoms with Crippen LogP contribution in [-0.4, -0.2) is 25.4 Å². The van der Waals surface area contributed by atoms with Crippen LogP contribution in [0.5, 0.6) is 0 Å². The largest absolute Gasteiger partial charge is 0.383 e. The molecular formula is C15H20N2O2S. The van der Waals surface area contributed by atoms with Crippen LogP contribution in [0.4, 0.5) is 0 Å². The third-order valence-electron chi connectivity index (χ3n) is 2.77. The number of methoxy groups -OCH3 is 1. The van der Waals surface area contributed by atoms with E-state index in [4.69, 9.17) is 9.26 Å². The lowest BCUT2D eigenvalue weighted by Crippen LogP contribution is -2.18. The fourth-order valence-electron chi connectivity index (χ4n) is 1.79. The molecule has 0 aliphatic rings. The number of ether oxygens (including phenoxy) is 1. The van der Waals surface area contributed by atoms with Gasteiger partial charge in [-0.25, -0.2) is 0 Å². The summed E-state index contributed by atoms with van der Waals surface area (Å²) in [4.78, 5) is 1.24. The number of hydrogen-bond donors (Lipinski definition) is 1. The summed E-state index contributed by atoms with van der Waals surface area (Å²) in [6.07, 6.45) is 0. The van der Waals surface area contributed by atoms with Crippen molar-refractivity contribution in [3.63, 3.8) is 0 Å². The lowest BCUT2D eigenvalue weighted by atomic mass is 10.2. The molecule has 0 saturated heterocycles. The summed E-state index contributed by atoms with van der Waals surface area (Å²) in [7, 11) is 1.71. The minimum absolute atomic E-state index is 0.735. The Morgan fingerprint density at radius 1 is 1.35 bits per heavy atom. The first kappa shape index (κ1) is 15.1. The van der Waals surface area contributed by atoms with Crippen molar-refractivity contribution >= 4 is 11.8 Å². The van der Waals surface area contributed by atoms with Crippen LogP contribution in [-0.2, 0) is 17.0 Å². The quantitative estimate of drug-likeness (QED) is 0.598.